The van der Waals surface area contributed by atoms with Crippen LogP contribution in [-0.2, 0) is 9.53 Å². The summed E-state index contributed by atoms with van der Waals surface area (Å²) in [6.07, 6.45) is 5.84. The van der Waals surface area contributed by atoms with Gasteiger partial charge in [0.05, 0.1) is 26.0 Å². The van der Waals surface area contributed by atoms with Crippen molar-refractivity contribution in [2.45, 2.75) is 6.42 Å². The number of hydrogen-bond acceptors (Lipinski definition) is 6. The fraction of sp³-hybridized carbons (Fsp3) is 0.318. The minimum Gasteiger partial charge on any atom is -0.494 e. The molecule has 1 aromatic heterocycles. The highest BCUT2D eigenvalue weighted by atomic mass is 16.5. The Hall–Kier alpha value is -3.41. The van der Waals surface area contributed by atoms with Crippen LogP contribution in [0.1, 0.15) is 17.8 Å². The number of hydrogen-bond donors (Lipinski definition) is 3. The number of imidazole rings is 1. The summed E-state index contributed by atoms with van der Waals surface area (Å²) >= 11 is 0. The van der Waals surface area contributed by atoms with E-state index in [1.165, 1.54) is 6.20 Å². The summed E-state index contributed by atoms with van der Waals surface area (Å²) in [6.45, 7) is 5.32. The van der Waals surface area contributed by atoms with Crippen LogP contribution in [0.25, 0.3) is 6.08 Å². The Balaban J connectivity index is 1.49. The standard InChI is InChI=1S/C22H25N5O3/c23-15-19(14-21-24-16-22(26-21)25-17-28)3-2-18-4-6-20(7-5-18)30-11-1-8-27-9-12-29-13-10-27/h4-7,14-17,23H,1,8-13H2,(H,24,26)(H,25,28)/b19-14-,23-15?. The van der Waals surface area contributed by atoms with Crippen LogP contribution in [0.5, 0.6) is 5.75 Å². The second-order valence-corrected chi connectivity index (χ2v) is 6.62. The Morgan fingerprint density at radius 2 is 2.13 bits per heavy atom. The van der Waals surface area contributed by atoms with Crippen LogP contribution < -0.4 is 10.1 Å². The summed E-state index contributed by atoms with van der Waals surface area (Å²) in [4.78, 5) is 19.8. The maximum absolute atomic E-state index is 10.4. The van der Waals surface area contributed by atoms with Gasteiger partial charge in [-0.3, -0.25) is 9.69 Å². The van der Waals surface area contributed by atoms with Crippen molar-refractivity contribution in [1.29, 1.82) is 5.41 Å². The van der Waals surface area contributed by atoms with E-state index in [0.717, 1.165) is 56.8 Å². The molecular weight excluding hydrogens is 382 g/mol. The number of H-pyrrole nitrogens is 1. The van der Waals surface area contributed by atoms with E-state index in [9.17, 15) is 4.79 Å². The van der Waals surface area contributed by atoms with Crippen LogP contribution >= 0.6 is 0 Å². The Morgan fingerprint density at radius 3 is 2.87 bits per heavy atom. The predicted octanol–water partition coefficient (Wildman–Crippen LogP) is 2.16. The Morgan fingerprint density at radius 1 is 1.33 bits per heavy atom. The average molecular weight is 407 g/mol. The number of morpholine rings is 1. The molecule has 2 heterocycles. The van der Waals surface area contributed by atoms with Gasteiger partial charge < -0.3 is 25.2 Å². The third kappa shape index (κ3) is 6.88. The summed E-state index contributed by atoms with van der Waals surface area (Å²) in [6, 6.07) is 7.59. The molecule has 0 aliphatic carbocycles. The lowest BCUT2D eigenvalue weighted by Gasteiger charge is -2.26. The Labute approximate surface area is 175 Å². The molecule has 0 saturated carbocycles. The fourth-order valence-corrected chi connectivity index (χ4v) is 2.89. The van der Waals surface area contributed by atoms with E-state index in [0.29, 0.717) is 30.2 Å². The Bertz CT molecular complexity index is 918. The van der Waals surface area contributed by atoms with E-state index >= 15 is 0 Å². The van der Waals surface area contributed by atoms with E-state index in [1.54, 1.807) is 6.08 Å². The van der Waals surface area contributed by atoms with E-state index in [4.69, 9.17) is 14.9 Å². The van der Waals surface area contributed by atoms with Crippen LogP contribution in [0, 0.1) is 17.3 Å². The van der Waals surface area contributed by atoms with Gasteiger partial charge in [0.1, 0.15) is 17.4 Å². The molecule has 1 amide bonds. The lowest BCUT2D eigenvalue weighted by Crippen LogP contribution is -2.37. The topological polar surface area (TPSA) is 103 Å². The molecule has 1 aliphatic heterocycles. The Kier molecular flexibility index (Phi) is 8.21. The van der Waals surface area contributed by atoms with Crippen LogP contribution in [-0.4, -0.2) is 66.9 Å². The summed E-state index contributed by atoms with van der Waals surface area (Å²) < 4.78 is 11.2. The molecule has 0 atom stereocenters. The second kappa shape index (κ2) is 11.6. The van der Waals surface area contributed by atoms with Gasteiger partial charge in [0.15, 0.2) is 0 Å². The molecule has 0 unspecified atom stereocenters. The second-order valence-electron chi connectivity index (χ2n) is 6.62. The van der Waals surface area contributed by atoms with Crippen molar-refractivity contribution in [3.63, 3.8) is 0 Å². The molecule has 0 radical (unpaired) electrons. The van der Waals surface area contributed by atoms with Gasteiger partial charge in [0.25, 0.3) is 0 Å². The van der Waals surface area contributed by atoms with Crippen LogP contribution in [0.15, 0.2) is 36.0 Å². The normalized spacial score (nSPS) is 14.5. The van der Waals surface area contributed by atoms with Crippen molar-refractivity contribution in [3.8, 4) is 17.6 Å². The summed E-state index contributed by atoms with van der Waals surface area (Å²) in [5, 5.41) is 10.0. The number of rotatable bonds is 9. The first-order valence-electron chi connectivity index (χ1n) is 9.79. The first-order chi connectivity index (χ1) is 14.8. The molecule has 156 valence electrons. The van der Waals surface area contributed by atoms with Gasteiger partial charge in [-0.25, -0.2) is 4.98 Å². The number of anilines is 1. The summed E-state index contributed by atoms with van der Waals surface area (Å²) in [7, 11) is 0. The number of aromatic nitrogens is 2. The molecule has 1 aliphatic rings. The lowest BCUT2D eigenvalue weighted by molar-refractivity contribution is -0.105. The average Bonchev–Trinajstić information content (AvgIpc) is 3.23. The zero-order chi connectivity index (χ0) is 21.0. The number of allylic oxidation sites excluding steroid dienone is 1. The number of benzene rings is 1. The molecule has 0 bridgehead atoms. The minimum absolute atomic E-state index is 0.481. The molecule has 0 spiro atoms. The first kappa shape index (κ1) is 21.3. The summed E-state index contributed by atoms with van der Waals surface area (Å²) in [5.74, 6) is 7.78. The van der Waals surface area contributed by atoms with Crippen molar-refractivity contribution in [2.75, 3.05) is 44.8 Å². The molecule has 1 saturated heterocycles. The number of nitrogens with one attached hydrogen (secondary N) is 3. The van der Waals surface area contributed by atoms with Gasteiger partial charge in [-0.15, -0.1) is 0 Å². The molecule has 1 fully saturated rings. The largest absolute Gasteiger partial charge is 0.494 e. The van der Waals surface area contributed by atoms with Crippen molar-refractivity contribution >= 4 is 24.5 Å². The van der Waals surface area contributed by atoms with Crippen LogP contribution in [0.3, 0.4) is 0 Å². The van der Waals surface area contributed by atoms with Gasteiger partial charge in [0.2, 0.25) is 6.41 Å². The van der Waals surface area contributed by atoms with Gasteiger partial charge >= 0.3 is 0 Å². The molecule has 3 N–H and O–H groups in total. The van der Waals surface area contributed by atoms with Gasteiger partial charge in [0, 0.05) is 37.0 Å². The van der Waals surface area contributed by atoms with Crippen LogP contribution in [0.2, 0.25) is 0 Å². The van der Waals surface area contributed by atoms with Crippen molar-refractivity contribution < 1.29 is 14.3 Å². The SMILES string of the molecule is N=C/C(C#Cc1ccc(OCCCN2CCOCC2)cc1)=C\c1ncc(NC=O)[nH]1. The number of carbonyl (C=O) groups excluding carboxylic acids is 1. The quantitative estimate of drug-likeness (QED) is 0.256. The maximum Gasteiger partial charge on any atom is 0.212 e. The molecule has 1 aromatic carbocycles. The smallest absolute Gasteiger partial charge is 0.212 e. The predicted molar refractivity (Wildman–Crippen MR) is 116 cm³/mol. The highest BCUT2D eigenvalue weighted by molar-refractivity contribution is 5.89. The van der Waals surface area contributed by atoms with E-state index in [1.807, 2.05) is 24.3 Å². The van der Waals surface area contributed by atoms with E-state index in [2.05, 4.69) is 32.0 Å². The molecule has 8 heteroatoms. The van der Waals surface area contributed by atoms with E-state index in [-0.39, 0.29) is 0 Å². The third-order valence-electron chi connectivity index (χ3n) is 4.45. The fourth-order valence-electron chi connectivity index (χ4n) is 2.89. The zero-order valence-electron chi connectivity index (χ0n) is 16.7. The molecule has 30 heavy (non-hydrogen) atoms. The van der Waals surface area contributed by atoms with Crippen molar-refractivity contribution in [3.05, 3.63) is 47.4 Å². The molecule has 2 aromatic rings. The first-order valence-corrected chi connectivity index (χ1v) is 9.79. The number of nitrogens with zero attached hydrogens (tertiary/aromatic N) is 2. The highest BCUT2D eigenvalue weighted by Gasteiger charge is 2.09. The van der Waals surface area contributed by atoms with Gasteiger partial charge in [-0.05, 0) is 36.8 Å². The van der Waals surface area contributed by atoms with Crippen molar-refractivity contribution in [1.82, 2.24) is 14.9 Å². The molecule has 8 nitrogen and oxygen atoms in total. The van der Waals surface area contributed by atoms with Gasteiger partial charge in [-0.1, -0.05) is 11.8 Å². The number of aromatic amines is 1. The van der Waals surface area contributed by atoms with Crippen molar-refractivity contribution in [2.24, 2.45) is 0 Å². The number of amides is 1. The van der Waals surface area contributed by atoms with E-state index < -0.39 is 0 Å². The minimum atomic E-state index is 0.481. The molecule has 3 rings (SSSR count). The summed E-state index contributed by atoms with van der Waals surface area (Å²) in [5.41, 5.74) is 1.32. The monoisotopic (exact) mass is 407 g/mol. The highest BCUT2D eigenvalue weighted by Crippen LogP contribution is 2.12. The van der Waals surface area contributed by atoms with Gasteiger partial charge in [-0.2, -0.15) is 0 Å². The zero-order valence-corrected chi connectivity index (χ0v) is 16.7. The number of ether oxygens (including phenoxy) is 2. The molecular formula is C22H25N5O3. The lowest BCUT2D eigenvalue weighted by atomic mass is 10.2. The van der Waals surface area contributed by atoms with Crippen LogP contribution in [0.4, 0.5) is 5.82 Å². The number of carbonyl (C=O) groups is 1. The maximum atomic E-state index is 10.4. The third-order valence-corrected chi connectivity index (χ3v) is 4.45.